The van der Waals surface area contributed by atoms with Gasteiger partial charge in [-0.25, -0.2) is 0 Å². The molecular formula is C8H8O2P. The summed E-state index contributed by atoms with van der Waals surface area (Å²) in [5.41, 5.74) is 0.935. The summed E-state index contributed by atoms with van der Waals surface area (Å²) in [6.45, 7) is 0. The van der Waals surface area contributed by atoms with Gasteiger partial charge < -0.3 is 4.89 Å². The Morgan fingerprint density at radius 2 is 1.91 bits per heavy atom. The van der Waals surface area contributed by atoms with E-state index in [1.807, 2.05) is 30.3 Å². The fraction of sp³-hybridized carbons (Fsp3) is 0. The predicted octanol–water partition coefficient (Wildman–Crippen LogP) is 2.39. The minimum absolute atomic E-state index is 0.935. The van der Waals surface area contributed by atoms with Gasteiger partial charge in [0.2, 0.25) is 8.03 Å². The Morgan fingerprint density at radius 1 is 1.27 bits per heavy atom. The van der Waals surface area contributed by atoms with Crippen LogP contribution in [0.3, 0.4) is 0 Å². The van der Waals surface area contributed by atoms with Crippen LogP contribution < -0.4 is 0 Å². The highest BCUT2D eigenvalue weighted by atomic mass is 31.1. The lowest BCUT2D eigenvalue weighted by Gasteiger charge is -1.87. The molecule has 1 radical (unpaired) electrons. The summed E-state index contributed by atoms with van der Waals surface area (Å²) >= 11 is 0. The van der Waals surface area contributed by atoms with Gasteiger partial charge in [-0.15, -0.1) is 0 Å². The summed E-state index contributed by atoms with van der Waals surface area (Å²) < 4.78 is 10.2. The average molecular weight is 167 g/mol. The van der Waals surface area contributed by atoms with Gasteiger partial charge in [0.15, 0.2) is 0 Å². The molecule has 1 atom stereocenters. The number of rotatable bonds is 2. The minimum atomic E-state index is -2.15. The lowest BCUT2D eigenvalue weighted by molar-refractivity contribution is 0.513. The molecule has 0 fully saturated rings. The molecule has 0 aliphatic heterocycles. The van der Waals surface area contributed by atoms with Crippen LogP contribution >= 0.6 is 8.03 Å². The van der Waals surface area contributed by atoms with E-state index in [-0.39, 0.29) is 0 Å². The molecule has 1 N–H and O–H groups in total. The summed E-state index contributed by atoms with van der Waals surface area (Å²) in [5, 5.41) is 0. The van der Waals surface area contributed by atoms with Crippen LogP contribution in [-0.4, -0.2) is 4.89 Å². The van der Waals surface area contributed by atoms with E-state index in [2.05, 4.69) is 0 Å². The van der Waals surface area contributed by atoms with Crippen LogP contribution in [-0.2, 0) is 4.57 Å². The van der Waals surface area contributed by atoms with E-state index in [1.54, 1.807) is 6.08 Å². The lowest BCUT2D eigenvalue weighted by atomic mass is 10.2. The zero-order valence-corrected chi connectivity index (χ0v) is 6.74. The van der Waals surface area contributed by atoms with Crippen molar-refractivity contribution in [1.29, 1.82) is 0 Å². The molecule has 0 saturated heterocycles. The van der Waals surface area contributed by atoms with Crippen molar-refractivity contribution in [2.45, 2.75) is 0 Å². The van der Waals surface area contributed by atoms with Crippen molar-refractivity contribution in [1.82, 2.24) is 0 Å². The summed E-state index contributed by atoms with van der Waals surface area (Å²) in [6, 6.07) is 9.40. The molecule has 0 aliphatic rings. The van der Waals surface area contributed by atoms with E-state index in [1.165, 1.54) is 5.82 Å². The lowest BCUT2D eigenvalue weighted by Crippen LogP contribution is -1.65. The first-order valence-corrected chi connectivity index (χ1v) is 4.46. The summed E-state index contributed by atoms with van der Waals surface area (Å²) in [5.74, 6) is 1.27. The van der Waals surface area contributed by atoms with E-state index in [4.69, 9.17) is 4.89 Å². The Bertz CT molecular complexity index is 267. The quantitative estimate of drug-likeness (QED) is 0.686. The standard InChI is InChI=1S/C8H8O2P/c9-11(10)7-6-8-4-2-1-3-5-8/h1-7H,(H,9,10). The van der Waals surface area contributed by atoms with Crippen molar-refractivity contribution in [3.8, 4) is 0 Å². The number of benzene rings is 1. The molecule has 0 heterocycles. The van der Waals surface area contributed by atoms with Gasteiger partial charge in [0.1, 0.15) is 0 Å². The van der Waals surface area contributed by atoms with Crippen LogP contribution in [0.2, 0.25) is 0 Å². The SMILES string of the molecule is O=[P](O)C=Cc1ccccc1. The van der Waals surface area contributed by atoms with E-state index >= 15 is 0 Å². The van der Waals surface area contributed by atoms with Crippen molar-refractivity contribution in [2.75, 3.05) is 0 Å². The second-order valence-electron chi connectivity index (χ2n) is 2.03. The predicted molar refractivity (Wildman–Crippen MR) is 45.3 cm³/mol. The van der Waals surface area contributed by atoms with Crippen molar-refractivity contribution in [3.63, 3.8) is 0 Å². The smallest absolute Gasteiger partial charge is 0.236 e. The molecule has 1 unspecified atom stereocenters. The molecule has 1 aromatic carbocycles. The Labute approximate surface area is 66.1 Å². The Kier molecular flexibility index (Phi) is 2.96. The fourth-order valence-electron chi connectivity index (χ4n) is 0.714. The molecule has 0 bridgehead atoms. The van der Waals surface area contributed by atoms with Crippen LogP contribution in [0.5, 0.6) is 0 Å². The number of hydrogen-bond acceptors (Lipinski definition) is 1. The maximum Gasteiger partial charge on any atom is 0.236 e. The monoisotopic (exact) mass is 167 g/mol. The highest BCUT2D eigenvalue weighted by molar-refractivity contribution is 7.41. The Balaban J connectivity index is 2.72. The second kappa shape index (κ2) is 4.02. The van der Waals surface area contributed by atoms with Gasteiger partial charge in [-0.05, 0) is 11.6 Å². The summed E-state index contributed by atoms with van der Waals surface area (Å²) in [6.07, 6.45) is 1.62. The molecule has 11 heavy (non-hydrogen) atoms. The van der Waals surface area contributed by atoms with E-state index < -0.39 is 8.03 Å². The van der Waals surface area contributed by atoms with Crippen molar-refractivity contribution >= 4 is 14.1 Å². The molecule has 0 aromatic heterocycles. The van der Waals surface area contributed by atoms with Gasteiger partial charge in [-0.3, -0.25) is 4.57 Å². The topological polar surface area (TPSA) is 37.3 Å². The van der Waals surface area contributed by atoms with Crippen LogP contribution in [0, 0.1) is 0 Å². The van der Waals surface area contributed by atoms with Crippen molar-refractivity contribution in [3.05, 3.63) is 41.7 Å². The van der Waals surface area contributed by atoms with Gasteiger partial charge in [-0.2, -0.15) is 0 Å². The first-order valence-electron chi connectivity index (χ1n) is 3.17. The molecule has 57 valence electrons. The molecule has 0 amide bonds. The zero-order chi connectivity index (χ0) is 8.10. The highest BCUT2D eigenvalue weighted by Crippen LogP contribution is 2.16. The van der Waals surface area contributed by atoms with Gasteiger partial charge in [0.25, 0.3) is 0 Å². The van der Waals surface area contributed by atoms with Crippen molar-refractivity contribution < 1.29 is 9.46 Å². The molecule has 0 saturated carbocycles. The third-order valence-electron chi connectivity index (χ3n) is 1.19. The summed E-state index contributed by atoms with van der Waals surface area (Å²) in [4.78, 5) is 8.44. The van der Waals surface area contributed by atoms with Crippen LogP contribution in [0.1, 0.15) is 5.56 Å². The number of hydrogen-bond donors (Lipinski definition) is 1. The van der Waals surface area contributed by atoms with Gasteiger partial charge in [0.05, 0.1) is 0 Å². The normalized spacial score (nSPS) is 11.9. The molecule has 1 rings (SSSR count). The van der Waals surface area contributed by atoms with E-state index in [0.29, 0.717) is 0 Å². The Morgan fingerprint density at radius 3 is 2.45 bits per heavy atom. The largest absolute Gasteiger partial charge is 0.317 e. The molecule has 2 nitrogen and oxygen atoms in total. The third-order valence-corrected chi connectivity index (χ3v) is 1.60. The van der Waals surface area contributed by atoms with Crippen LogP contribution in [0.15, 0.2) is 36.1 Å². The third kappa shape index (κ3) is 3.08. The van der Waals surface area contributed by atoms with Gasteiger partial charge in [-0.1, -0.05) is 30.3 Å². The van der Waals surface area contributed by atoms with E-state index in [9.17, 15) is 4.57 Å². The summed E-state index contributed by atoms with van der Waals surface area (Å²) in [7, 11) is -2.15. The minimum Gasteiger partial charge on any atom is -0.317 e. The van der Waals surface area contributed by atoms with Crippen LogP contribution in [0.25, 0.3) is 6.08 Å². The van der Waals surface area contributed by atoms with Crippen molar-refractivity contribution in [2.24, 2.45) is 0 Å². The molecule has 3 heteroatoms. The average Bonchev–Trinajstić information content (AvgIpc) is 2.03. The highest BCUT2D eigenvalue weighted by Gasteiger charge is 1.84. The fourth-order valence-corrected chi connectivity index (χ4v) is 1.01. The Hall–Kier alpha value is -0.980. The molecular weight excluding hydrogens is 159 g/mol. The molecule has 0 spiro atoms. The van der Waals surface area contributed by atoms with E-state index in [0.717, 1.165) is 5.56 Å². The zero-order valence-electron chi connectivity index (χ0n) is 5.84. The van der Waals surface area contributed by atoms with Crippen LogP contribution in [0.4, 0.5) is 0 Å². The van der Waals surface area contributed by atoms with Gasteiger partial charge in [0, 0.05) is 5.82 Å². The molecule has 1 aromatic rings. The first-order chi connectivity index (χ1) is 5.29. The first kappa shape index (κ1) is 8.12. The second-order valence-corrected chi connectivity index (χ2v) is 2.93. The maximum absolute atomic E-state index is 10.2. The molecule has 0 aliphatic carbocycles. The maximum atomic E-state index is 10.2. The van der Waals surface area contributed by atoms with Gasteiger partial charge >= 0.3 is 0 Å².